The fourth-order valence-electron chi connectivity index (χ4n) is 3.17. The number of hydrogen-bond donors (Lipinski definition) is 2. The number of fused-ring (bicyclic) bond motifs is 3. The largest absolute Gasteiger partial charge is 0.368 e. The molecule has 2 N–H and O–H groups in total. The highest BCUT2D eigenvalue weighted by Crippen LogP contribution is 2.38. The predicted octanol–water partition coefficient (Wildman–Crippen LogP) is 1.34. The minimum atomic E-state index is -1.52. The highest BCUT2D eigenvalue weighted by molar-refractivity contribution is 5.83. The molecule has 1 aromatic carbocycles. The fraction of sp³-hybridized carbons (Fsp3) is 0.176. The minimum absolute atomic E-state index is 0.225. The van der Waals surface area contributed by atoms with Crippen LogP contribution in [0.15, 0.2) is 53.5 Å². The van der Waals surface area contributed by atoms with E-state index in [1.165, 1.54) is 0 Å². The molecule has 1 aliphatic carbocycles. The molecule has 110 valence electrons. The first-order valence-corrected chi connectivity index (χ1v) is 7.12. The van der Waals surface area contributed by atoms with Crippen LogP contribution in [-0.2, 0) is 6.42 Å². The van der Waals surface area contributed by atoms with Crippen molar-refractivity contribution in [3.05, 3.63) is 70.1 Å². The molecule has 5 nitrogen and oxygen atoms in total. The summed E-state index contributed by atoms with van der Waals surface area (Å²) in [5.74, 6) is -0.526. The summed E-state index contributed by atoms with van der Waals surface area (Å²) in [6.45, 7) is 0. The third kappa shape index (κ3) is 1.73. The third-order valence-electron chi connectivity index (χ3n) is 4.25. The van der Waals surface area contributed by atoms with Crippen LogP contribution in [-0.4, -0.2) is 26.1 Å². The Bertz CT molecular complexity index is 916. The molecule has 0 spiro atoms. The van der Waals surface area contributed by atoms with Crippen LogP contribution in [0.25, 0.3) is 16.7 Å². The van der Waals surface area contributed by atoms with Crippen LogP contribution >= 0.6 is 0 Å². The summed E-state index contributed by atoms with van der Waals surface area (Å²) >= 11 is 0. The molecule has 22 heavy (non-hydrogen) atoms. The number of pyridine rings is 2. The second kappa shape index (κ2) is 4.76. The van der Waals surface area contributed by atoms with Crippen LogP contribution in [0.4, 0.5) is 0 Å². The molecule has 0 aliphatic heterocycles. The van der Waals surface area contributed by atoms with Gasteiger partial charge in [0.1, 0.15) is 5.65 Å². The molecule has 0 fully saturated rings. The van der Waals surface area contributed by atoms with Crippen LogP contribution in [0.5, 0.6) is 0 Å². The van der Waals surface area contributed by atoms with Gasteiger partial charge in [-0.25, -0.2) is 4.98 Å². The molecule has 0 radical (unpaired) electrons. The van der Waals surface area contributed by atoms with E-state index in [2.05, 4.69) is 4.98 Å². The number of rotatable bonds is 2. The Morgan fingerprint density at radius 3 is 2.64 bits per heavy atom. The van der Waals surface area contributed by atoms with Crippen molar-refractivity contribution in [3.8, 4) is 5.69 Å². The summed E-state index contributed by atoms with van der Waals surface area (Å²) in [7, 11) is 0. The zero-order valence-electron chi connectivity index (χ0n) is 11.7. The van der Waals surface area contributed by atoms with Gasteiger partial charge in [0, 0.05) is 23.1 Å². The van der Waals surface area contributed by atoms with Gasteiger partial charge < -0.3 is 10.2 Å². The number of nitrogens with zero attached hydrogens (tertiary/aromatic N) is 2. The Labute approximate surface area is 126 Å². The third-order valence-corrected chi connectivity index (χ3v) is 4.25. The van der Waals surface area contributed by atoms with E-state index in [0.29, 0.717) is 17.6 Å². The Balaban J connectivity index is 2.11. The van der Waals surface area contributed by atoms with Gasteiger partial charge in [0.2, 0.25) is 0 Å². The highest BCUT2D eigenvalue weighted by atomic mass is 16.5. The minimum Gasteiger partial charge on any atom is -0.368 e. The van der Waals surface area contributed by atoms with Gasteiger partial charge in [0.15, 0.2) is 6.29 Å². The number of benzene rings is 1. The van der Waals surface area contributed by atoms with Crippen molar-refractivity contribution in [2.75, 3.05) is 0 Å². The van der Waals surface area contributed by atoms with Crippen molar-refractivity contribution >= 4 is 11.0 Å². The van der Waals surface area contributed by atoms with Crippen molar-refractivity contribution in [2.45, 2.75) is 18.6 Å². The topological polar surface area (TPSA) is 75.4 Å². The Kier molecular flexibility index (Phi) is 2.85. The molecule has 1 unspecified atom stereocenters. The highest BCUT2D eigenvalue weighted by Gasteiger charge is 2.37. The second-order valence-electron chi connectivity index (χ2n) is 5.47. The lowest BCUT2D eigenvalue weighted by Gasteiger charge is -2.32. The monoisotopic (exact) mass is 294 g/mol. The van der Waals surface area contributed by atoms with Crippen LogP contribution in [0.1, 0.15) is 17.0 Å². The number of aliphatic hydroxyl groups excluding tert-OH is 1. The summed E-state index contributed by atoms with van der Waals surface area (Å²) in [5, 5.41) is 19.8. The zero-order chi connectivity index (χ0) is 15.3. The first-order chi connectivity index (χ1) is 10.7. The molecular weight excluding hydrogens is 280 g/mol. The molecule has 0 bridgehead atoms. The van der Waals surface area contributed by atoms with E-state index in [1.54, 1.807) is 10.8 Å². The number of aliphatic hydroxyl groups is 2. The van der Waals surface area contributed by atoms with Gasteiger partial charge in [-0.2, -0.15) is 0 Å². The lowest BCUT2D eigenvalue weighted by atomic mass is 9.76. The first kappa shape index (κ1) is 13.2. The standard InChI is InChI=1S/C17H14N2O3/c20-16-14-12(9-13(14)17(21)22)11-7-4-8-18-15(11)19(16)10-5-2-1-3-6-10/h1-8,13,17,21-22H,9H2. The van der Waals surface area contributed by atoms with Gasteiger partial charge in [-0.1, -0.05) is 18.2 Å². The summed E-state index contributed by atoms with van der Waals surface area (Å²) in [5.41, 5.74) is 2.45. The summed E-state index contributed by atoms with van der Waals surface area (Å²) < 4.78 is 1.54. The maximum atomic E-state index is 12.9. The number of aromatic nitrogens is 2. The quantitative estimate of drug-likeness (QED) is 0.699. The molecule has 5 heteroatoms. The van der Waals surface area contributed by atoms with E-state index >= 15 is 0 Å². The van der Waals surface area contributed by atoms with E-state index in [0.717, 1.165) is 16.6 Å². The first-order valence-electron chi connectivity index (χ1n) is 7.12. The Morgan fingerprint density at radius 1 is 1.14 bits per heavy atom. The van der Waals surface area contributed by atoms with Crippen molar-refractivity contribution < 1.29 is 10.2 Å². The van der Waals surface area contributed by atoms with E-state index in [-0.39, 0.29) is 5.56 Å². The summed E-state index contributed by atoms with van der Waals surface area (Å²) in [6, 6.07) is 13.0. The molecule has 2 aromatic heterocycles. The van der Waals surface area contributed by atoms with Crippen LogP contribution in [0, 0.1) is 0 Å². The van der Waals surface area contributed by atoms with Gasteiger partial charge in [0.25, 0.3) is 5.56 Å². The molecule has 0 saturated carbocycles. The van der Waals surface area contributed by atoms with E-state index in [4.69, 9.17) is 0 Å². The molecule has 4 rings (SSSR count). The van der Waals surface area contributed by atoms with Gasteiger partial charge >= 0.3 is 0 Å². The Hall–Kier alpha value is -2.50. The molecule has 3 aromatic rings. The summed E-state index contributed by atoms with van der Waals surface area (Å²) in [6.07, 6.45) is 0.628. The van der Waals surface area contributed by atoms with Crippen LogP contribution in [0.3, 0.4) is 0 Å². The lowest BCUT2D eigenvalue weighted by molar-refractivity contribution is -0.0656. The maximum absolute atomic E-state index is 12.9. The van der Waals surface area contributed by atoms with Gasteiger partial charge in [0.05, 0.1) is 5.69 Å². The molecule has 0 amide bonds. The second-order valence-corrected chi connectivity index (χ2v) is 5.47. The normalized spacial score (nSPS) is 16.6. The van der Waals surface area contributed by atoms with Crippen molar-refractivity contribution in [1.29, 1.82) is 0 Å². The van der Waals surface area contributed by atoms with E-state index in [1.807, 2.05) is 42.5 Å². The zero-order valence-corrected chi connectivity index (χ0v) is 11.7. The summed E-state index contributed by atoms with van der Waals surface area (Å²) in [4.78, 5) is 17.2. The SMILES string of the molecule is O=c1c2c(c3cccnc3n1-c1ccccc1)CC2C(O)O. The molecular formula is C17H14N2O3. The average molecular weight is 294 g/mol. The fourth-order valence-corrected chi connectivity index (χ4v) is 3.17. The maximum Gasteiger partial charge on any atom is 0.260 e. The van der Waals surface area contributed by atoms with E-state index in [9.17, 15) is 15.0 Å². The van der Waals surface area contributed by atoms with Crippen molar-refractivity contribution in [3.63, 3.8) is 0 Å². The molecule has 2 heterocycles. The van der Waals surface area contributed by atoms with Crippen molar-refractivity contribution in [2.24, 2.45) is 0 Å². The van der Waals surface area contributed by atoms with Gasteiger partial charge in [-0.05, 0) is 36.2 Å². The number of para-hydroxylation sites is 1. The van der Waals surface area contributed by atoms with Gasteiger partial charge in [-0.3, -0.25) is 9.36 Å². The molecule has 0 saturated heterocycles. The van der Waals surface area contributed by atoms with Gasteiger partial charge in [-0.15, -0.1) is 0 Å². The predicted molar refractivity (Wildman–Crippen MR) is 82.0 cm³/mol. The van der Waals surface area contributed by atoms with Crippen LogP contribution < -0.4 is 5.56 Å². The van der Waals surface area contributed by atoms with Crippen LogP contribution in [0.2, 0.25) is 0 Å². The average Bonchev–Trinajstić information content (AvgIpc) is 2.48. The van der Waals surface area contributed by atoms with Crippen molar-refractivity contribution in [1.82, 2.24) is 9.55 Å². The lowest BCUT2D eigenvalue weighted by Crippen LogP contribution is -2.39. The molecule has 1 aliphatic rings. The van der Waals surface area contributed by atoms with E-state index < -0.39 is 12.2 Å². The number of hydrogen-bond acceptors (Lipinski definition) is 4. The molecule has 1 atom stereocenters. The Morgan fingerprint density at radius 2 is 1.91 bits per heavy atom. The smallest absolute Gasteiger partial charge is 0.260 e.